The Bertz CT molecular complexity index is 8180. The number of hydrogen-bond acceptors (Lipinski definition) is 28. The zero-order valence-corrected chi connectivity index (χ0v) is 77.2. The number of nitrogens with two attached hydrogens (primary N) is 1. The minimum absolute atomic E-state index is 0.0251. The molecule has 0 spiro atoms. The molecule has 38 nitrogen and oxygen atoms in total. The number of carbonyl (C=O) groups excluding carboxylic acids is 2. The number of likely N-dealkylation sites (tertiary alicyclic amines) is 1. The Hall–Kier alpha value is -17.3. The SMILES string of the molecule is CC(C)CC(=O)Nc1cncc(-c2cnc3n[nH]c(-c4nc5c(N6CCCCC6)cncc5[nH]4)c3c2)c1.CCC(=O)Nc1cncc(-c2cnc3n[nH]c(-c4nc5c(N6CCCCC6)cncc5[nH]4)c3c2)c1.FC1(F)CCN(Cc2cncc(-c3cnc4n[nH]c(-c5nc6c(-c7ccccn7)cncc6[nH]5)c4c3)c2)C1.Nc1cncc(-c2cnc3n[nH]c(-c4nc5c(N6CCCCC6)cncc5[nH]4)c3c2)c1. The first-order chi connectivity index (χ1) is 69.0. The van der Waals surface area contributed by atoms with E-state index in [1.807, 2.05) is 125 Å². The Kier molecular flexibility index (Phi) is 24.4. The van der Waals surface area contributed by atoms with Crippen molar-refractivity contribution in [2.45, 2.75) is 110 Å². The number of aromatic nitrogens is 29. The van der Waals surface area contributed by atoms with Crippen molar-refractivity contribution in [2.75, 3.05) is 83.4 Å². The molecule has 706 valence electrons. The average Bonchev–Trinajstić information content (AvgIpc) is 1.63. The van der Waals surface area contributed by atoms with Gasteiger partial charge in [-0.2, -0.15) is 20.4 Å². The molecule has 4 aliphatic rings. The van der Waals surface area contributed by atoms with Crippen LogP contribution in [0.2, 0.25) is 0 Å². The van der Waals surface area contributed by atoms with Gasteiger partial charge in [0.05, 0.1) is 146 Å². The summed E-state index contributed by atoms with van der Waals surface area (Å²) < 4.78 is 27.2. The van der Waals surface area contributed by atoms with Gasteiger partial charge in [0.15, 0.2) is 45.9 Å². The summed E-state index contributed by atoms with van der Waals surface area (Å²) in [6, 6.07) is 21.4. The predicted molar refractivity (Wildman–Crippen MR) is 538 cm³/mol. The first-order valence-corrected chi connectivity index (χ1v) is 47.2. The highest BCUT2D eigenvalue weighted by Crippen LogP contribution is 2.41. The number of hydrogen-bond donors (Lipinski definition) is 11. The van der Waals surface area contributed by atoms with Crippen molar-refractivity contribution in [2.24, 2.45) is 5.92 Å². The molecule has 0 atom stereocenters. The summed E-state index contributed by atoms with van der Waals surface area (Å²) in [4.78, 5) is 124. The number of nitrogen functional groups attached to an aromatic ring is 1. The molecule has 21 aromatic rings. The molecule has 40 heteroatoms. The van der Waals surface area contributed by atoms with Gasteiger partial charge in [-0.25, -0.2) is 48.7 Å². The van der Waals surface area contributed by atoms with Crippen molar-refractivity contribution in [3.63, 3.8) is 0 Å². The second-order valence-electron chi connectivity index (χ2n) is 36.1. The molecule has 2 amide bonds. The van der Waals surface area contributed by atoms with Crippen molar-refractivity contribution < 1.29 is 18.4 Å². The Morgan fingerprint density at radius 3 is 1.18 bits per heavy atom. The van der Waals surface area contributed by atoms with Gasteiger partial charge >= 0.3 is 0 Å². The number of pyridine rings is 13. The number of piperidine rings is 3. The smallest absolute Gasteiger partial charge is 0.261 e. The molecule has 4 aliphatic heterocycles. The summed E-state index contributed by atoms with van der Waals surface area (Å²) >= 11 is 0. The Morgan fingerprint density at radius 1 is 0.404 bits per heavy atom. The number of aromatic amines is 8. The van der Waals surface area contributed by atoms with Crippen molar-refractivity contribution in [3.05, 3.63) is 202 Å². The zero-order chi connectivity index (χ0) is 95.6. The van der Waals surface area contributed by atoms with Crippen LogP contribution in [0, 0.1) is 5.92 Å². The summed E-state index contributed by atoms with van der Waals surface area (Å²) in [7, 11) is 0. The van der Waals surface area contributed by atoms with E-state index in [1.54, 1.807) is 97.9 Å². The number of nitrogens with one attached hydrogen (secondary N) is 10. The zero-order valence-electron chi connectivity index (χ0n) is 77.2. The van der Waals surface area contributed by atoms with E-state index in [4.69, 9.17) is 25.7 Å². The number of imidazole rings is 4. The van der Waals surface area contributed by atoms with Crippen LogP contribution >= 0.6 is 0 Å². The maximum atomic E-state index is 13.6. The third-order valence-electron chi connectivity index (χ3n) is 25.6. The number of anilines is 6. The van der Waals surface area contributed by atoms with Gasteiger partial charge in [0.1, 0.15) is 44.8 Å². The topological polar surface area (TPSA) is 494 Å². The number of amides is 2. The number of H-pyrrole nitrogens is 8. The molecule has 25 heterocycles. The van der Waals surface area contributed by atoms with Crippen molar-refractivity contribution in [1.29, 1.82) is 0 Å². The van der Waals surface area contributed by atoms with Gasteiger partial charge in [0, 0.05) is 196 Å². The van der Waals surface area contributed by atoms with Gasteiger partial charge in [-0.3, -0.25) is 79.7 Å². The monoisotopic (exact) mass is 1880 g/mol. The Morgan fingerprint density at radius 2 is 0.780 bits per heavy atom. The van der Waals surface area contributed by atoms with E-state index in [-0.39, 0.29) is 30.7 Å². The molecule has 141 heavy (non-hydrogen) atoms. The largest absolute Gasteiger partial charge is 0.397 e. The molecule has 0 radical (unpaired) electrons. The summed E-state index contributed by atoms with van der Waals surface area (Å²) in [6.07, 6.45) is 48.8. The molecular weight excluding hydrogens is 1790 g/mol. The molecule has 25 rings (SSSR count). The van der Waals surface area contributed by atoms with E-state index in [0.29, 0.717) is 94.6 Å². The molecule has 0 unspecified atom stereocenters. The third kappa shape index (κ3) is 18.9. The first kappa shape index (κ1) is 88.9. The average molecular weight is 1880 g/mol. The Balaban J connectivity index is 0.000000108. The highest BCUT2D eigenvalue weighted by Gasteiger charge is 2.38. The predicted octanol–water partition coefficient (Wildman–Crippen LogP) is 17.6. The normalized spacial score (nSPS) is 14.6. The molecule has 12 N–H and O–H groups in total. The maximum absolute atomic E-state index is 13.6. The maximum Gasteiger partial charge on any atom is 0.261 e. The van der Waals surface area contributed by atoms with E-state index in [1.165, 1.54) is 57.8 Å². The molecule has 4 fully saturated rings. The number of rotatable bonds is 19. The lowest BCUT2D eigenvalue weighted by molar-refractivity contribution is -0.117. The Labute approximate surface area is 802 Å². The summed E-state index contributed by atoms with van der Waals surface area (Å²) in [5.74, 6) is 0.281. The standard InChI is InChI=1S/C27H21F2N9.C27H29N9O.C25H25N9O.C22H21N9/c28-27(29)4-6-38(15-27)14-16-7-17(10-30-9-16)18-8-19-24(36-37-25(19)33-11-18)26-34-22-13-31-12-20(23(22)35-26)21-3-1-2-5-32-21;1-16(2)8-23(37)31-19-9-17(11-28-13-19)18-10-20-24(34-35-26(20)30-12-18)27-32-21-14-29-15-22(25(21)33-27)36-6-4-3-5-7-36;1-2-21(35)29-17-8-15(10-26-12-17)16-9-18-22(32-33-24(18)28-11-16)25-30-19-13-27-14-20(23(19)31-25)34-6-4-3-5-7-34;23-15-6-13(8-24-10-15)14-7-16-19(29-30-21(16)26-9-14)22-27-17-11-25-12-18(20(17)28-22)31-4-2-1-3-5-31/h1-3,5,7-13H,4,6,14-15H2,(H,34,35)(H,33,36,37);9-16H,3-8H2,1-2H3,(H,31,37)(H,32,33)(H,30,34,35);8-14H,2-7H2,1H3,(H,29,35)(H,30,31)(H,28,32,33);6-12H,1-5,23H2,(H,27,28)(H,26,29,30). The van der Waals surface area contributed by atoms with Gasteiger partial charge < -0.3 is 51.0 Å². The third-order valence-corrected chi connectivity index (χ3v) is 25.6. The quantitative estimate of drug-likeness (QED) is 0.0358. The molecule has 0 saturated carbocycles. The lowest BCUT2D eigenvalue weighted by Crippen LogP contribution is -2.29. The highest BCUT2D eigenvalue weighted by molar-refractivity contribution is 6.02. The van der Waals surface area contributed by atoms with Gasteiger partial charge in [0.25, 0.3) is 5.92 Å². The summed E-state index contributed by atoms with van der Waals surface area (Å²) in [5.41, 5.74) is 32.8. The number of nitrogens with zero attached hydrogens (tertiary/aromatic N) is 25. The summed E-state index contributed by atoms with van der Waals surface area (Å²) in [5, 5.41) is 39.0. The molecule has 0 aromatic carbocycles. The lowest BCUT2D eigenvalue weighted by Gasteiger charge is -2.28. The van der Waals surface area contributed by atoms with E-state index in [9.17, 15) is 18.4 Å². The van der Waals surface area contributed by atoms with Crippen LogP contribution < -0.4 is 31.1 Å². The fourth-order valence-electron chi connectivity index (χ4n) is 18.6. The van der Waals surface area contributed by atoms with Crippen molar-refractivity contribution in [3.8, 4) is 102 Å². The van der Waals surface area contributed by atoms with E-state index >= 15 is 0 Å². The van der Waals surface area contributed by atoms with Crippen LogP contribution in [0.5, 0.6) is 0 Å². The fourth-order valence-corrected chi connectivity index (χ4v) is 18.6. The molecule has 0 bridgehead atoms. The van der Waals surface area contributed by atoms with Crippen molar-refractivity contribution in [1.82, 2.24) is 150 Å². The second kappa shape index (κ2) is 38.7. The molecule has 4 saturated heterocycles. The van der Waals surface area contributed by atoms with Gasteiger partial charge in [-0.1, -0.05) is 26.8 Å². The van der Waals surface area contributed by atoms with Crippen molar-refractivity contribution >= 4 is 134 Å². The van der Waals surface area contributed by atoms with Crippen LogP contribution in [-0.4, -0.2) is 220 Å². The van der Waals surface area contributed by atoms with Crippen LogP contribution in [0.4, 0.5) is 42.9 Å². The minimum Gasteiger partial charge on any atom is -0.397 e. The number of alkyl halides is 2. The first-order valence-electron chi connectivity index (χ1n) is 47.2. The molecular formula is C101H96F2N36O2. The minimum atomic E-state index is -2.62. The van der Waals surface area contributed by atoms with Gasteiger partial charge in [-0.15, -0.1) is 0 Å². The highest BCUT2D eigenvalue weighted by atomic mass is 19.3. The number of carbonyl (C=O) groups is 2. The molecule has 21 aromatic heterocycles. The van der Waals surface area contributed by atoms with E-state index < -0.39 is 5.92 Å². The summed E-state index contributed by atoms with van der Waals surface area (Å²) in [6.45, 7) is 12.6. The second-order valence-corrected chi connectivity index (χ2v) is 36.1. The van der Waals surface area contributed by atoms with Crippen LogP contribution in [0.3, 0.4) is 0 Å². The fraction of sp³-hybridized carbons (Fsp3) is 0.257. The van der Waals surface area contributed by atoms with Crippen LogP contribution in [0.1, 0.15) is 103 Å². The van der Waals surface area contributed by atoms with E-state index in [2.05, 4.69) is 151 Å². The van der Waals surface area contributed by atoms with Gasteiger partial charge in [0.2, 0.25) is 11.8 Å². The molecule has 0 aliphatic carbocycles. The van der Waals surface area contributed by atoms with E-state index in [0.717, 1.165) is 200 Å². The lowest BCUT2D eigenvalue weighted by atomic mass is 10.1. The van der Waals surface area contributed by atoms with Crippen LogP contribution in [0.25, 0.3) is 190 Å². The van der Waals surface area contributed by atoms with Gasteiger partial charge in [-0.05, 0) is 130 Å². The van der Waals surface area contributed by atoms with Crippen LogP contribution in [0.15, 0.2) is 197 Å². The number of halogens is 2. The van der Waals surface area contributed by atoms with Crippen LogP contribution in [-0.2, 0) is 16.1 Å². The number of fused-ring (bicyclic) bond motifs is 8.